The number of amides is 4. The summed E-state index contributed by atoms with van der Waals surface area (Å²) < 4.78 is 9.64. The second-order valence-corrected chi connectivity index (χ2v) is 16.0. The number of carbonyl (C=O) groups excluding carboxylic acids is 4. The number of likely N-dealkylation sites (tertiary alicyclic amines) is 2. The fourth-order valence-electron chi connectivity index (χ4n) is 8.75. The molecule has 3 aromatic carbocycles. The van der Waals surface area contributed by atoms with Crippen molar-refractivity contribution in [1.82, 2.24) is 40.4 Å². The number of benzene rings is 3. The molecule has 4 atom stereocenters. The average molecular weight is 811 g/mol. The average Bonchev–Trinajstić information content (AvgIpc) is 4.09. The Morgan fingerprint density at radius 2 is 1.40 bits per heavy atom. The van der Waals surface area contributed by atoms with Gasteiger partial charge in [0.1, 0.15) is 23.7 Å². The third kappa shape index (κ3) is 8.16. The Kier molecular flexibility index (Phi) is 11.6. The first kappa shape index (κ1) is 40.2. The standard InChI is InChI=1S/C46H50N8O6/c1-27(2)38(51-45(57)59-3)43(55)53-23-10-16-37(53)42-48-34-14-8-13-31-25-28(19-21-32(31)40(34)50-42)17-18-29-20-22-33-35(26-29)49-41(47-33)36-15-9-24-54(36)44(56)39(52-46(58)60-4)30-11-6-5-7-12-30/h5-7,11-12,19-22,25-27,36-39H,8-10,13-16,23-24H2,1-4H3,(H,47,49)(H,48,50)(H,51,57)(H,52,58). The third-order valence-corrected chi connectivity index (χ3v) is 11.8. The van der Waals surface area contributed by atoms with E-state index in [1.54, 1.807) is 4.90 Å². The quantitative estimate of drug-likeness (QED) is 0.126. The van der Waals surface area contributed by atoms with Gasteiger partial charge in [-0.1, -0.05) is 62.1 Å². The van der Waals surface area contributed by atoms with E-state index < -0.39 is 24.3 Å². The number of alkyl carbamates (subject to hydrolysis) is 2. The van der Waals surface area contributed by atoms with Gasteiger partial charge in [-0.25, -0.2) is 19.6 Å². The highest BCUT2D eigenvalue weighted by Crippen LogP contribution is 2.38. The number of H-pyrrole nitrogens is 2. The number of ether oxygens (including phenoxy) is 2. The molecule has 4 unspecified atom stereocenters. The van der Waals surface area contributed by atoms with Crippen LogP contribution >= 0.6 is 0 Å². The summed E-state index contributed by atoms with van der Waals surface area (Å²) in [5.74, 6) is 7.72. The number of imidazole rings is 2. The van der Waals surface area contributed by atoms with Gasteiger partial charge in [-0.05, 0) is 92.3 Å². The summed E-state index contributed by atoms with van der Waals surface area (Å²) >= 11 is 0. The first-order chi connectivity index (χ1) is 29.1. The lowest BCUT2D eigenvalue weighted by Gasteiger charge is -2.30. The Balaban J connectivity index is 0.990. The second kappa shape index (κ2) is 17.3. The van der Waals surface area contributed by atoms with Crippen molar-refractivity contribution in [1.29, 1.82) is 0 Å². The predicted molar refractivity (Wildman–Crippen MR) is 224 cm³/mol. The number of aromatic nitrogens is 4. The van der Waals surface area contributed by atoms with Crippen molar-refractivity contribution in [2.45, 2.75) is 83.0 Å². The molecule has 0 saturated carbocycles. The molecular formula is C46H50N8O6. The Morgan fingerprint density at radius 3 is 2.10 bits per heavy atom. The van der Waals surface area contributed by atoms with Crippen molar-refractivity contribution < 1.29 is 28.7 Å². The van der Waals surface area contributed by atoms with Gasteiger partial charge < -0.3 is 39.9 Å². The lowest BCUT2D eigenvalue weighted by Crippen LogP contribution is -2.51. The molecule has 2 saturated heterocycles. The number of aromatic amines is 2. The normalized spacial score (nSPS) is 18.1. The van der Waals surface area contributed by atoms with E-state index in [4.69, 9.17) is 19.4 Å². The number of fused-ring (bicyclic) bond motifs is 4. The summed E-state index contributed by atoms with van der Waals surface area (Å²) in [6, 6.07) is 19.3. The van der Waals surface area contributed by atoms with Gasteiger partial charge in [0, 0.05) is 35.5 Å². The van der Waals surface area contributed by atoms with E-state index in [-0.39, 0.29) is 29.8 Å². The van der Waals surface area contributed by atoms with Crippen LogP contribution in [0.25, 0.3) is 22.3 Å². The Labute approximate surface area is 348 Å². The minimum absolute atomic E-state index is 0.109. The zero-order chi connectivity index (χ0) is 41.9. The highest BCUT2D eigenvalue weighted by atomic mass is 16.5. The summed E-state index contributed by atoms with van der Waals surface area (Å²) in [4.78, 5) is 72.7. The van der Waals surface area contributed by atoms with Crippen LogP contribution in [-0.4, -0.2) is 87.1 Å². The van der Waals surface area contributed by atoms with Gasteiger partial charge in [-0.15, -0.1) is 0 Å². The third-order valence-electron chi connectivity index (χ3n) is 11.8. The number of rotatable bonds is 8. The van der Waals surface area contributed by atoms with Gasteiger partial charge >= 0.3 is 12.2 Å². The molecule has 4 amide bonds. The molecule has 0 bridgehead atoms. The fourth-order valence-corrected chi connectivity index (χ4v) is 8.75. The highest BCUT2D eigenvalue weighted by Gasteiger charge is 2.39. The van der Waals surface area contributed by atoms with Crippen LogP contribution in [0.15, 0.2) is 66.7 Å². The van der Waals surface area contributed by atoms with Crippen LogP contribution in [0.3, 0.4) is 0 Å². The van der Waals surface area contributed by atoms with Gasteiger partial charge in [0.2, 0.25) is 5.91 Å². The minimum atomic E-state index is -0.890. The van der Waals surface area contributed by atoms with Crippen LogP contribution in [-0.2, 0) is 31.9 Å². The van der Waals surface area contributed by atoms with Crippen molar-refractivity contribution in [3.63, 3.8) is 0 Å². The van der Waals surface area contributed by atoms with Gasteiger partial charge in [-0.3, -0.25) is 9.59 Å². The van der Waals surface area contributed by atoms with Crippen molar-refractivity contribution in [2.24, 2.45) is 5.92 Å². The van der Waals surface area contributed by atoms with Crippen molar-refractivity contribution in [3.8, 4) is 23.1 Å². The Morgan fingerprint density at radius 1 is 0.750 bits per heavy atom. The number of methoxy groups -OCH3 is 2. The van der Waals surface area contributed by atoms with Crippen molar-refractivity contribution in [3.05, 3.63) is 106 Å². The summed E-state index contributed by atoms with van der Waals surface area (Å²) in [6.07, 6.45) is 4.58. The zero-order valence-electron chi connectivity index (χ0n) is 34.3. The number of aryl methyl sites for hydroxylation is 2. The molecule has 2 aliphatic heterocycles. The molecule has 4 heterocycles. The number of nitrogens with zero attached hydrogens (tertiary/aromatic N) is 4. The van der Waals surface area contributed by atoms with E-state index in [1.165, 1.54) is 19.8 Å². The Bertz CT molecular complexity index is 2480. The first-order valence-electron chi connectivity index (χ1n) is 20.7. The molecule has 0 radical (unpaired) electrons. The smallest absolute Gasteiger partial charge is 0.407 e. The molecular weight excluding hydrogens is 761 g/mol. The Hall–Kier alpha value is -6.62. The molecule has 60 heavy (non-hydrogen) atoms. The van der Waals surface area contributed by atoms with Gasteiger partial charge in [0.15, 0.2) is 0 Å². The minimum Gasteiger partial charge on any atom is -0.453 e. The molecule has 14 heteroatoms. The lowest BCUT2D eigenvalue weighted by molar-refractivity contribution is -0.135. The van der Waals surface area contributed by atoms with Crippen LogP contribution in [0.1, 0.15) is 104 Å². The SMILES string of the molecule is COC(=O)NC(C(=O)N1CCCC1c1nc2ccc(C#Cc3ccc4c(c3)CCCc3[nH]c(C5CCCN5C(=O)C(NC(=O)OC)C(C)C)nc3-4)cc2[nH]1)c1ccccc1. The second-order valence-electron chi connectivity index (χ2n) is 16.0. The number of nitrogens with one attached hydrogen (secondary N) is 4. The molecule has 310 valence electrons. The molecule has 4 N–H and O–H groups in total. The summed E-state index contributed by atoms with van der Waals surface area (Å²) in [5.41, 5.74) is 8.26. The van der Waals surface area contributed by atoms with Crippen LogP contribution in [0.4, 0.5) is 9.59 Å². The van der Waals surface area contributed by atoms with E-state index in [9.17, 15) is 19.2 Å². The molecule has 1 aliphatic carbocycles. The monoisotopic (exact) mass is 810 g/mol. The van der Waals surface area contributed by atoms with Gasteiger partial charge in [0.05, 0.1) is 43.0 Å². The number of hydrogen-bond acceptors (Lipinski definition) is 8. The maximum atomic E-state index is 14.0. The molecule has 5 aromatic rings. The molecule has 3 aliphatic rings. The summed E-state index contributed by atoms with van der Waals surface area (Å²) in [7, 11) is 2.58. The summed E-state index contributed by atoms with van der Waals surface area (Å²) in [6.45, 7) is 4.97. The van der Waals surface area contributed by atoms with Crippen molar-refractivity contribution >= 4 is 35.0 Å². The maximum Gasteiger partial charge on any atom is 0.407 e. The van der Waals surface area contributed by atoms with E-state index in [0.29, 0.717) is 24.5 Å². The van der Waals surface area contributed by atoms with E-state index in [0.717, 1.165) is 89.9 Å². The number of carbonyl (C=O) groups is 4. The van der Waals surface area contributed by atoms with Crippen LogP contribution < -0.4 is 10.6 Å². The summed E-state index contributed by atoms with van der Waals surface area (Å²) in [5, 5.41) is 5.44. The van der Waals surface area contributed by atoms with Crippen LogP contribution in [0, 0.1) is 17.8 Å². The van der Waals surface area contributed by atoms with Crippen molar-refractivity contribution in [2.75, 3.05) is 27.3 Å². The molecule has 2 fully saturated rings. The molecule has 2 aromatic heterocycles. The zero-order valence-corrected chi connectivity index (χ0v) is 34.3. The molecule has 14 nitrogen and oxygen atoms in total. The van der Waals surface area contributed by atoms with E-state index >= 15 is 0 Å². The van der Waals surface area contributed by atoms with Crippen LogP contribution in [0.5, 0.6) is 0 Å². The maximum absolute atomic E-state index is 14.0. The largest absolute Gasteiger partial charge is 0.453 e. The highest BCUT2D eigenvalue weighted by molar-refractivity contribution is 5.88. The fraction of sp³-hybridized carbons (Fsp3) is 0.391. The van der Waals surface area contributed by atoms with E-state index in [1.807, 2.05) is 73.3 Å². The van der Waals surface area contributed by atoms with Gasteiger partial charge in [0.25, 0.3) is 5.91 Å². The first-order valence-corrected chi connectivity index (χ1v) is 20.7. The van der Waals surface area contributed by atoms with Crippen LogP contribution in [0.2, 0.25) is 0 Å². The predicted octanol–water partition coefficient (Wildman–Crippen LogP) is 6.65. The topological polar surface area (TPSA) is 175 Å². The van der Waals surface area contributed by atoms with E-state index in [2.05, 4.69) is 44.6 Å². The molecule has 0 spiro atoms. The molecule has 8 rings (SSSR count). The van der Waals surface area contributed by atoms with Gasteiger partial charge in [-0.2, -0.15) is 0 Å². The number of hydrogen-bond donors (Lipinski definition) is 4. The lowest BCUT2D eigenvalue weighted by atomic mass is 9.99.